The number of hydrogen-bond donors (Lipinski definition) is 2. The van der Waals surface area contributed by atoms with Crippen molar-refractivity contribution in [1.82, 2.24) is 20.0 Å². The quantitative estimate of drug-likeness (QED) is 0.763. The zero-order chi connectivity index (χ0) is 19.0. The number of aliphatic carboxylic acids is 1. The number of carbonyl (C=O) groups excluding carboxylic acids is 2. The van der Waals surface area contributed by atoms with Crippen molar-refractivity contribution in [1.29, 1.82) is 0 Å². The summed E-state index contributed by atoms with van der Waals surface area (Å²) >= 11 is 0. The van der Waals surface area contributed by atoms with Crippen molar-refractivity contribution in [3.8, 4) is 0 Å². The van der Waals surface area contributed by atoms with E-state index in [1.165, 1.54) is 0 Å². The second-order valence-corrected chi connectivity index (χ2v) is 8.64. The second kappa shape index (κ2) is 7.20. The van der Waals surface area contributed by atoms with Crippen LogP contribution in [0.2, 0.25) is 0 Å². The minimum absolute atomic E-state index is 0.0565. The molecule has 8 nitrogen and oxygen atoms in total. The highest BCUT2D eigenvalue weighted by Gasteiger charge is 2.56. The van der Waals surface area contributed by atoms with Crippen LogP contribution in [0, 0.1) is 11.3 Å². The van der Waals surface area contributed by atoms with E-state index in [0.29, 0.717) is 26.1 Å². The molecule has 0 aromatic carbocycles. The number of carboxylic acids is 1. The molecule has 1 aliphatic carbocycles. The Bertz CT molecular complexity index is 621. The average Bonchev–Trinajstić information content (AvgIpc) is 3.36. The molecule has 3 saturated heterocycles. The molecule has 1 saturated carbocycles. The van der Waals surface area contributed by atoms with Crippen LogP contribution in [-0.4, -0.2) is 83.1 Å². The van der Waals surface area contributed by atoms with E-state index >= 15 is 0 Å². The maximum Gasteiger partial charge on any atom is 0.320 e. The van der Waals surface area contributed by atoms with Crippen LogP contribution < -0.4 is 5.32 Å². The van der Waals surface area contributed by atoms with E-state index in [4.69, 9.17) is 0 Å². The first kappa shape index (κ1) is 18.4. The Morgan fingerprint density at radius 2 is 1.63 bits per heavy atom. The fourth-order valence-corrected chi connectivity index (χ4v) is 5.44. The van der Waals surface area contributed by atoms with Gasteiger partial charge in [-0.1, -0.05) is 6.42 Å². The highest BCUT2D eigenvalue weighted by molar-refractivity contribution is 5.81. The lowest BCUT2D eigenvalue weighted by atomic mass is 9.81. The van der Waals surface area contributed by atoms with E-state index in [1.54, 1.807) is 4.90 Å². The standard InChI is InChI=1S/C19H30N4O4/c24-16(25)19-7-3-5-14(19)11-23(13-19)17(26)20-15-6-4-10-22(12-15)18(27)21-8-1-2-9-21/h14-15H,1-13H2,(H,20,26)(H,24,25)/t14-,15?,19+/m0/s1. The second-order valence-electron chi connectivity index (χ2n) is 8.64. The van der Waals surface area contributed by atoms with Crippen LogP contribution in [0.15, 0.2) is 0 Å². The lowest BCUT2D eigenvalue weighted by molar-refractivity contribution is -0.149. The molecule has 4 amide bonds. The lowest BCUT2D eigenvalue weighted by Crippen LogP contribution is -2.54. The monoisotopic (exact) mass is 378 g/mol. The van der Waals surface area contributed by atoms with E-state index in [2.05, 4.69) is 5.32 Å². The number of carboxylic acid groups (broad SMARTS) is 1. The third-order valence-corrected chi connectivity index (χ3v) is 6.98. The summed E-state index contributed by atoms with van der Waals surface area (Å²) in [6, 6.07) is -0.142. The van der Waals surface area contributed by atoms with Gasteiger partial charge in [0.2, 0.25) is 0 Å². The molecule has 27 heavy (non-hydrogen) atoms. The minimum atomic E-state index is -0.764. The number of likely N-dealkylation sites (tertiary alicyclic amines) is 3. The van der Waals surface area contributed by atoms with Crippen molar-refractivity contribution in [2.45, 2.75) is 51.0 Å². The van der Waals surface area contributed by atoms with Gasteiger partial charge in [0.25, 0.3) is 0 Å². The molecule has 4 aliphatic rings. The summed E-state index contributed by atoms with van der Waals surface area (Å²) in [5, 5.41) is 12.8. The molecular weight excluding hydrogens is 348 g/mol. The zero-order valence-electron chi connectivity index (χ0n) is 15.9. The zero-order valence-corrected chi connectivity index (χ0v) is 15.9. The van der Waals surface area contributed by atoms with Crippen molar-refractivity contribution >= 4 is 18.0 Å². The summed E-state index contributed by atoms with van der Waals surface area (Å²) in [5.74, 6) is -0.694. The Hall–Kier alpha value is -1.99. The maximum absolute atomic E-state index is 12.8. The molecule has 1 unspecified atom stereocenters. The van der Waals surface area contributed by atoms with E-state index in [-0.39, 0.29) is 24.0 Å². The summed E-state index contributed by atoms with van der Waals surface area (Å²) in [6.07, 6.45) is 6.37. The molecule has 2 N–H and O–H groups in total. The normalized spacial score (nSPS) is 33.3. The Labute approximate surface area is 159 Å². The minimum Gasteiger partial charge on any atom is -0.481 e. The third kappa shape index (κ3) is 3.34. The molecule has 0 aromatic heterocycles. The maximum atomic E-state index is 12.8. The summed E-state index contributed by atoms with van der Waals surface area (Å²) < 4.78 is 0. The molecule has 0 radical (unpaired) electrons. The number of rotatable bonds is 2. The number of carbonyl (C=O) groups is 3. The van der Waals surface area contributed by atoms with E-state index in [0.717, 1.165) is 58.2 Å². The van der Waals surface area contributed by atoms with Crippen LogP contribution in [0.4, 0.5) is 9.59 Å². The smallest absolute Gasteiger partial charge is 0.320 e. The molecule has 4 rings (SSSR count). The number of nitrogens with one attached hydrogen (secondary N) is 1. The van der Waals surface area contributed by atoms with Crippen molar-refractivity contribution in [2.75, 3.05) is 39.3 Å². The number of hydrogen-bond acceptors (Lipinski definition) is 3. The van der Waals surface area contributed by atoms with Gasteiger partial charge >= 0.3 is 18.0 Å². The molecule has 0 bridgehead atoms. The SMILES string of the molecule is O=C(NC1CCCN(C(=O)N2CCCC2)C1)N1C[C@@H]2CCC[C@@]2(C(=O)O)C1. The fourth-order valence-electron chi connectivity index (χ4n) is 5.44. The van der Waals surface area contributed by atoms with Crippen molar-refractivity contribution < 1.29 is 19.5 Å². The van der Waals surface area contributed by atoms with Crippen LogP contribution in [0.5, 0.6) is 0 Å². The van der Waals surface area contributed by atoms with E-state index < -0.39 is 11.4 Å². The summed E-state index contributed by atoms with van der Waals surface area (Å²) in [7, 11) is 0. The van der Waals surface area contributed by atoms with Gasteiger partial charge in [-0.05, 0) is 44.4 Å². The van der Waals surface area contributed by atoms with Crippen LogP contribution in [0.25, 0.3) is 0 Å². The van der Waals surface area contributed by atoms with Crippen molar-refractivity contribution in [2.24, 2.45) is 11.3 Å². The van der Waals surface area contributed by atoms with Gasteiger partial charge in [0.05, 0.1) is 5.41 Å². The van der Waals surface area contributed by atoms with E-state index in [9.17, 15) is 19.5 Å². The molecule has 3 aliphatic heterocycles. The largest absolute Gasteiger partial charge is 0.481 e. The van der Waals surface area contributed by atoms with Gasteiger partial charge in [0, 0.05) is 45.3 Å². The van der Waals surface area contributed by atoms with Crippen LogP contribution in [-0.2, 0) is 4.79 Å². The molecule has 0 spiro atoms. The predicted molar refractivity (Wildman–Crippen MR) is 98.3 cm³/mol. The molecule has 150 valence electrons. The van der Waals surface area contributed by atoms with E-state index in [1.807, 2.05) is 9.80 Å². The average molecular weight is 378 g/mol. The Kier molecular flexibility index (Phi) is 4.90. The van der Waals surface area contributed by atoms with Crippen molar-refractivity contribution in [3.05, 3.63) is 0 Å². The van der Waals surface area contributed by atoms with Gasteiger partial charge < -0.3 is 25.1 Å². The highest BCUT2D eigenvalue weighted by Crippen LogP contribution is 2.48. The predicted octanol–water partition coefficient (Wildman–Crippen LogP) is 1.56. The van der Waals surface area contributed by atoms with Gasteiger partial charge in [-0.2, -0.15) is 0 Å². The summed E-state index contributed by atoms with van der Waals surface area (Å²) in [4.78, 5) is 42.6. The first-order chi connectivity index (χ1) is 13.0. The first-order valence-corrected chi connectivity index (χ1v) is 10.3. The molecular formula is C19H30N4O4. The Morgan fingerprint density at radius 1 is 0.889 bits per heavy atom. The lowest BCUT2D eigenvalue weighted by Gasteiger charge is -2.36. The van der Waals surface area contributed by atoms with Gasteiger partial charge in [-0.3, -0.25) is 4.79 Å². The highest BCUT2D eigenvalue weighted by atomic mass is 16.4. The molecule has 0 aromatic rings. The molecule has 3 atom stereocenters. The summed E-state index contributed by atoms with van der Waals surface area (Å²) in [6.45, 7) is 3.79. The Balaban J connectivity index is 1.33. The topological polar surface area (TPSA) is 93.2 Å². The molecule has 3 heterocycles. The number of urea groups is 2. The number of fused-ring (bicyclic) bond motifs is 1. The van der Waals surface area contributed by atoms with Crippen LogP contribution in [0.1, 0.15) is 44.9 Å². The van der Waals surface area contributed by atoms with Gasteiger partial charge in [0.15, 0.2) is 0 Å². The van der Waals surface area contributed by atoms with Gasteiger partial charge in [-0.25, -0.2) is 9.59 Å². The van der Waals surface area contributed by atoms with Crippen LogP contribution in [0.3, 0.4) is 0 Å². The summed E-state index contributed by atoms with van der Waals surface area (Å²) in [5.41, 5.74) is -0.748. The van der Waals surface area contributed by atoms with Crippen LogP contribution >= 0.6 is 0 Å². The van der Waals surface area contributed by atoms with Gasteiger partial charge in [0.1, 0.15) is 0 Å². The molecule has 8 heteroatoms. The number of nitrogens with zero attached hydrogens (tertiary/aromatic N) is 3. The van der Waals surface area contributed by atoms with Gasteiger partial charge in [-0.15, -0.1) is 0 Å². The fraction of sp³-hybridized carbons (Fsp3) is 0.842. The number of piperidine rings is 1. The number of amides is 4. The third-order valence-electron chi connectivity index (χ3n) is 6.98. The Morgan fingerprint density at radius 3 is 2.33 bits per heavy atom. The first-order valence-electron chi connectivity index (χ1n) is 10.3. The van der Waals surface area contributed by atoms with Crippen molar-refractivity contribution in [3.63, 3.8) is 0 Å². The molecule has 4 fully saturated rings.